The highest BCUT2D eigenvalue weighted by atomic mass is 15.2. The fraction of sp³-hybridized carbons (Fsp3) is 0.944. The zero-order valence-corrected chi connectivity index (χ0v) is 14.7. The van der Waals surface area contributed by atoms with Crippen LogP contribution in [0.25, 0.3) is 0 Å². The average molecular weight is 309 g/mol. The molecule has 1 aliphatic carbocycles. The standard InChI is InChI=1S/C18H36N4/c1-3-19-18(21-17-11-4-5-12-17)20-13-7-9-15-22-14-8-6-10-16(22)2/h16-17H,3-15H2,1-2H3,(H2,19,20,21). The van der Waals surface area contributed by atoms with Crippen LogP contribution in [0.1, 0.15) is 71.6 Å². The van der Waals surface area contributed by atoms with Gasteiger partial charge in [-0.05, 0) is 65.5 Å². The Morgan fingerprint density at radius 2 is 1.86 bits per heavy atom. The summed E-state index contributed by atoms with van der Waals surface area (Å²) in [7, 11) is 0. The molecule has 2 N–H and O–H groups in total. The summed E-state index contributed by atoms with van der Waals surface area (Å²) in [6, 6.07) is 1.44. The molecule has 4 nitrogen and oxygen atoms in total. The molecule has 22 heavy (non-hydrogen) atoms. The van der Waals surface area contributed by atoms with Gasteiger partial charge < -0.3 is 15.5 Å². The van der Waals surface area contributed by atoms with Gasteiger partial charge in [0.25, 0.3) is 0 Å². The van der Waals surface area contributed by atoms with E-state index in [0.717, 1.165) is 25.1 Å². The number of piperidine rings is 1. The van der Waals surface area contributed by atoms with Crippen molar-refractivity contribution >= 4 is 5.96 Å². The number of aliphatic imine (C=N–C) groups is 1. The highest BCUT2D eigenvalue weighted by Crippen LogP contribution is 2.18. The van der Waals surface area contributed by atoms with E-state index in [-0.39, 0.29) is 0 Å². The number of hydrogen-bond donors (Lipinski definition) is 2. The Morgan fingerprint density at radius 3 is 2.59 bits per heavy atom. The first-order valence-corrected chi connectivity index (χ1v) is 9.58. The molecule has 0 amide bonds. The van der Waals surface area contributed by atoms with E-state index in [1.54, 1.807) is 0 Å². The summed E-state index contributed by atoms with van der Waals surface area (Å²) in [5.74, 6) is 1.03. The summed E-state index contributed by atoms with van der Waals surface area (Å²) in [6.45, 7) is 8.98. The van der Waals surface area contributed by atoms with Gasteiger partial charge in [0.2, 0.25) is 0 Å². The summed E-state index contributed by atoms with van der Waals surface area (Å²) in [6.07, 6.45) is 12.0. The SMILES string of the molecule is CCNC(=NCCCCN1CCCCC1C)NC1CCCC1. The normalized spacial score (nSPS) is 24.6. The molecule has 128 valence electrons. The molecule has 1 unspecified atom stereocenters. The Hall–Kier alpha value is -0.770. The topological polar surface area (TPSA) is 39.7 Å². The molecular formula is C18H36N4. The molecule has 0 bridgehead atoms. The van der Waals surface area contributed by atoms with Crippen LogP contribution in [-0.4, -0.2) is 49.1 Å². The summed E-state index contributed by atoms with van der Waals surface area (Å²) in [5.41, 5.74) is 0. The van der Waals surface area contributed by atoms with Gasteiger partial charge in [-0.2, -0.15) is 0 Å². The van der Waals surface area contributed by atoms with Crippen LogP contribution in [0.5, 0.6) is 0 Å². The minimum Gasteiger partial charge on any atom is -0.357 e. The molecule has 0 aromatic rings. The third-order valence-electron chi connectivity index (χ3n) is 5.10. The van der Waals surface area contributed by atoms with Crippen LogP contribution >= 0.6 is 0 Å². The van der Waals surface area contributed by atoms with Gasteiger partial charge in [-0.25, -0.2) is 0 Å². The molecule has 2 fully saturated rings. The molecule has 0 aromatic heterocycles. The van der Waals surface area contributed by atoms with E-state index in [4.69, 9.17) is 4.99 Å². The summed E-state index contributed by atoms with van der Waals surface area (Å²) >= 11 is 0. The molecular weight excluding hydrogens is 272 g/mol. The van der Waals surface area contributed by atoms with E-state index < -0.39 is 0 Å². The van der Waals surface area contributed by atoms with E-state index >= 15 is 0 Å². The first kappa shape index (κ1) is 17.6. The van der Waals surface area contributed by atoms with Crippen LogP contribution in [0.3, 0.4) is 0 Å². The van der Waals surface area contributed by atoms with Crippen molar-refractivity contribution in [2.45, 2.75) is 83.7 Å². The molecule has 0 spiro atoms. The van der Waals surface area contributed by atoms with Crippen LogP contribution in [0.15, 0.2) is 4.99 Å². The zero-order valence-electron chi connectivity index (χ0n) is 14.7. The van der Waals surface area contributed by atoms with Gasteiger partial charge in [0.1, 0.15) is 0 Å². The Morgan fingerprint density at radius 1 is 1.09 bits per heavy atom. The second kappa shape index (κ2) is 10.1. The largest absolute Gasteiger partial charge is 0.357 e. The van der Waals surface area contributed by atoms with E-state index in [1.165, 1.54) is 70.9 Å². The lowest BCUT2D eigenvalue weighted by molar-refractivity contribution is 0.158. The van der Waals surface area contributed by atoms with Crippen molar-refractivity contribution in [2.24, 2.45) is 4.99 Å². The molecule has 1 heterocycles. The third kappa shape index (κ3) is 6.15. The first-order chi connectivity index (χ1) is 10.8. The molecule has 2 rings (SSSR count). The van der Waals surface area contributed by atoms with Gasteiger partial charge in [0.05, 0.1) is 0 Å². The number of unbranched alkanes of at least 4 members (excludes halogenated alkanes) is 1. The molecule has 1 atom stereocenters. The van der Waals surface area contributed by atoms with E-state index in [0.29, 0.717) is 6.04 Å². The van der Waals surface area contributed by atoms with Gasteiger partial charge in [-0.15, -0.1) is 0 Å². The minimum absolute atomic E-state index is 0.645. The molecule has 2 aliphatic rings. The van der Waals surface area contributed by atoms with Crippen LogP contribution in [0.4, 0.5) is 0 Å². The fourth-order valence-corrected chi connectivity index (χ4v) is 3.69. The van der Waals surface area contributed by atoms with Gasteiger partial charge >= 0.3 is 0 Å². The van der Waals surface area contributed by atoms with Gasteiger partial charge in [-0.3, -0.25) is 4.99 Å². The van der Waals surface area contributed by atoms with Crippen molar-refractivity contribution in [1.82, 2.24) is 15.5 Å². The lowest BCUT2D eigenvalue weighted by Gasteiger charge is -2.33. The highest BCUT2D eigenvalue weighted by molar-refractivity contribution is 5.80. The molecule has 4 heteroatoms. The number of hydrogen-bond acceptors (Lipinski definition) is 2. The van der Waals surface area contributed by atoms with Crippen LogP contribution in [0, 0.1) is 0 Å². The number of nitrogens with zero attached hydrogens (tertiary/aromatic N) is 2. The Balaban J connectivity index is 1.62. The van der Waals surface area contributed by atoms with Crippen molar-refractivity contribution < 1.29 is 0 Å². The van der Waals surface area contributed by atoms with Crippen molar-refractivity contribution in [3.8, 4) is 0 Å². The summed E-state index contributed by atoms with van der Waals surface area (Å²) in [4.78, 5) is 7.42. The lowest BCUT2D eigenvalue weighted by atomic mass is 10.0. The zero-order chi connectivity index (χ0) is 15.6. The maximum atomic E-state index is 4.75. The molecule has 1 saturated heterocycles. The summed E-state index contributed by atoms with van der Waals surface area (Å²) < 4.78 is 0. The smallest absolute Gasteiger partial charge is 0.191 e. The molecule has 0 aromatic carbocycles. The number of rotatable bonds is 7. The van der Waals surface area contributed by atoms with Gasteiger partial charge in [0.15, 0.2) is 5.96 Å². The third-order valence-corrected chi connectivity index (χ3v) is 5.10. The average Bonchev–Trinajstić information content (AvgIpc) is 3.02. The Kier molecular flexibility index (Phi) is 8.06. The minimum atomic E-state index is 0.645. The molecule has 0 radical (unpaired) electrons. The monoisotopic (exact) mass is 308 g/mol. The van der Waals surface area contributed by atoms with Crippen molar-refractivity contribution in [3.63, 3.8) is 0 Å². The van der Waals surface area contributed by atoms with Crippen molar-refractivity contribution in [1.29, 1.82) is 0 Å². The van der Waals surface area contributed by atoms with Crippen molar-refractivity contribution in [3.05, 3.63) is 0 Å². The quantitative estimate of drug-likeness (QED) is 0.431. The predicted octanol–water partition coefficient (Wildman–Crippen LogP) is 3.14. The second-order valence-electron chi connectivity index (χ2n) is 6.97. The second-order valence-corrected chi connectivity index (χ2v) is 6.97. The van der Waals surface area contributed by atoms with E-state index in [1.807, 2.05) is 0 Å². The van der Waals surface area contributed by atoms with Crippen LogP contribution in [0.2, 0.25) is 0 Å². The van der Waals surface area contributed by atoms with Crippen LogP contribution in [-0.2, 0) is 0 Å². The maximum Gasteiger partial charge on any atom is 0.191 e. The van der Waals surface area contributed by atoms with E-state index in [9.17, 15) is 0 Å². The lowest BCUT2D eigenvalue weighted by Crippen LogP contribution is -2.42. The number of guanidine groups is 1. The van der Waals surface area contributed by atoms with E-state index in [2.05, 4.69) is 29.4 Å². The Bertz CT molecular complexity index is 323. The highest BCUT2D eigenvalue weighted by Gasteiger charge is 2.17. The number of nitrogens with one attached hydrogen (secondary N) is 2. The van der Waals surface area contributed by atoms with Crippen molar-refractivity contribution in [2.75, 3.05) is 26.2 Å². The van der Waals surface area contributed by atoms with Gasteiger partial charge in [0, 0.05) is 25.2 Å². The summed E-state index contributed by atoms with van der Waals surface area (Å²) in [5, 5.41) is 6.98. The fourth-order valence-electron chi connectivity index (χ4n) is 3.69. The Labute approximate surface area is 137 Å². The predicted molar refractivity (Wildman–Crippen MR) is 95.5 cm³/mol. The molecule has 1 saturated carbocycles. The molecule has 1 aliphatic heterocycles. The van der Waals surface area contributed by atoms with Gasteiger partial charge in [-0.1, -0.05) is 19.3 Å². The maximum absolute atomic E-state index is 4.75. The number of likely N-dealkylation sites (tertiary alicyclic amines) is 1. The van der Waals surface area contributed by atoms with Crippen LogP contribution < -0.4 is 10.6 Å². The first-order valence-electron chi connectivity index (χ1n) is 9.58.